The summed E-state index contributed by atoms with van der Waals surface area (Å²) in [7, 11) is 0. The molecule has 0 saturated carbocycles. The Morgan fingerprint density at radius 2 is 1.34 bits per heavy atom. The van der Waals surface area contributed by atoms with E-state index in [1.165, 1.54) is 99.7 Å². The molecular weight excluding hydrogens is 430 g/mol. The average molecular weight is 475 g/mol. The Morgan fingerprint density at radius 1 is 0.743 bits per heavy atom. The molecule has 0 aliphatic heterocycles. The van der Waals surface area contributed by atoms with Crippen LogP contribution in [-0.2, 0) is 16.2 Å². The second-order valence-corrected chi connectivity index (χ2v) is 9.31. The molecule has 2 aromatic rings. The quantitative estimate of drug-likeness (QED) is 0.114. The summed E-state index contributed by atoms with van der Waals surface area (Å²) in [5.74, 6) is 10.3. The molecule has 0 aliphatic carbocycles. The van der Waals surface area contributed by atoms with Crippen molar-refractivity contribution >= 4 is 16.7 Å². The van der Waals surface area contributed by atoms with Gasteiger partial charge in [0.05, 0.1) is 4.79 Å². The SMILES string of the molecule is CCCCCCCCCCCCCCCCC#CC#CC(=[O+])O[NH2+]Cc1cccc2ccccc12. The zero-order valence-corrected chi connectivity index (χ0v) is 21.7. The van der Waals surface area contributed by atoms with Gasteiger partial charge in [-0.3, -0.25) is 0 Å². The van der Waals surface area contributed by atoms with Crippen LogP contribution in [0.15, 0.2) is 42.5 Å². The van der Waals surface area contributed by atoms with Crippen LogP contribution in [0.4, 0.5) is 0 Å². The lowest BCUT2D eigenvalue weighted by Crippen LogP contribution is -2.82. The van der Waals surface area contributed by atoms with E-state index in [2.05, 4.69) is 48.8 Å². The number of hydrogen-bond donors (Lipinski definition) is 1. The summed E-state index contributed by atoms with van der Waals surface area (Å²) >= 11 is 0. The topological polar surface area (TPSA) is 45.7 Å². The van der Waals surface area contributed by atoms with Gasteiger partial charge >= 0.3 is 5.97 Å². The van der Waals surface area contributed by atoms with Crippen LogP contribution in [0.3, 0.4) is 0 Å². The molecule has 0 saturated heterocycles. The predicted octanol–water partition coefficient (Wildman–Crippen LogP) is 7.24. The van der Waals surface area contributed by atoms with Crippen LogP contribution in [0.1, 0.15) is 109 Å². The third-order valence-electron chi connectivity index (χ3n) is 6.34. The third-order valence-corrected chi connectivity index (χ3v) is 6.34. The summed E-state index contributed by atoms with van der Waals surface area (Å²) in [5.41, 5.74) is 2.64. The summed E-state index contributed by atoms with van der Waals surface area (Å²) < 4.78 is 0. The number of nitrogens with two attached hydrogens (primary N) is 1. The van der Waals surface area contributed by atoms with Crippen LogP contribution in [-0.4, -0.2) is 5.97 Å². The lowest BCUT2D eigenvalue weighted by Gasteiger charge is -2.02. The summed E-state index contributed by atoms with van der Waals surface area (Å²) in [6.07, 6.45) is 19.8. The maximum Gasteiger partial charge on any atom is 0.715 e. The zero-order valence-electron chi connectivity index (χ0n) is 21.7. The second kappa shape index (κ2) is 19.5. The van der Waals surface area contributed by atoms with Crippen molar-refractivity contribution in [3.63, 3.8) is 0 Å². The van der Waals surface area contributed by atoms with Gasteiger partial charge in [0.25, 0.3) is 0 Å². The number of hydrogen-bond acceptors (Lipinski definition) is 2. The number of benzene rings is 2. The molecule has 0 aromatic heterocycles. The van der Waals surface area contributed by atoms with Gasteiger partial charge in [-0.05, 0) is 23.1 Å². The molecule has 0 bridgehead atoms. The molecule has 187 valence electrons. The van der Waals surface area contributed by atoms with Crippen LogP contribution >= 0.6 is 0 Å². The van der Waals surface area contributed by atoms with Crippen molar-refractivity contribution in [3.05, 3.63) is 48.0 Å². The Bertz CT molecular complexity index is 968. The molecule has 0 atom stereocenters. The largest absolute Gasteiger partial charge is 0.715 e. The first kappa shape index (κ1) is 28.5. The van der Waals surface area contributed by atoms with Gasteiger partial charge in [0.2, 0.25) is 0 Å². The molecule has 35 heavy (non-hydrogen) atoms. The highest BCUT2D eigenvalue weighted by molar-refractivity contribution is 5.88. The smallest absolute Gasteiger partial charge is 0.0891 e. The predicted molar refractivity (Wildman–Crippen MR) is 146 cm³/mol. The van der Waals surface area contributed by atoms with E-state index in [1.807, 2.05) is 24.3 Å². The highest BCUT2D eigenvalue weighted by atomic mass is 16.7. The van der Waals surface area contributed by atoms with Crippen molar-refractivity contribution in [2.24, 2.45) is 0 Å². The maximum absolute atomic E-state index is 11.8. The van der Waals surface area contributed by atoms with E-state index < -0.39 is 5.97 Å². The molecule has 2 N–H and O–H groups in total. The molecule has 2 aromatic carbocycles. The minimum Gasteiger partial charge on any atom is -0.0891 e. The molecule has 0 heterocycles. The van der Waals surface area contributed by atoms with Crippen LogP contribution in [0.5, 0.6) is 0 Å². The van der Waals surface area contributed by atoms with Gasteiger partial charge in [0.15, 0.2) is 6.54 Å². The number of carbonyl (C=O) groups is 1. The van der Waals surface area contributed by atoms with E-state index in [4.69, 9.17) is 4.84 Å². The van der Waals surface area contributed by atoms with Gasteiger partial charge in [0, 0.05) is 17.9 Å². The van der Waals surface area contributed by atoms with Gasteiger partial charge in [-0.2, -0.15) is 0 Å². The fraction of sp³-hybridized carbons (Fsp3) is 0.531. The van der Waals surface area contributed by atoms with E-state index in [-0.39, 0.29) is 0 Å². The van der Waals surface area contributed by atoms with Crippen molar-refractivity contribution in [1.29, 1.82) is 0 Å². The van der Waals surface area contributed by atoms with Crippen molar-refractivity contribution in [3.8, 4) is 23.7 Å². The third kappa shape index (κ3) is 13.7. The Hall–Kier alpha value is -2.75. The number of unbranched alkanes of at least 4 members (excludes halogenated alkanes) is 14. The Labute approximate surface area is 213 Å². The second-order valence-electron chi connectivity index (χ2n) is 9.31. The fourth-order valence-electron chi connectivity index (χ4n) is 4.30. The lowest BCUT2D eigenvalue weighted by atomic mass is 10.0. The van der Waals surface area contributed by atoms with E-state index in [0.717, 1.165) is 18.4 Å². The van der Waals surface area contributed by atoms with Gasteiger partial charge in [0.1, 0.15) is 5.92 Å². The van der Waals surface area contributed by atoms with E-state index in [1.54, 1.807) is 0 Å². The number of hydroxylamine groups is 1. The normalized spacial score (nSPS) is 10.3. The Balaban J connectivity index is 1.42. The van der Waals surface area contributed by atoms with E-state index in [9.17, 15) is 4.79 Å². The zero-order chi connectivity index (χ0) is 24.8. The van der Waals surface area contributed by atoms with Gasteiger partial charge < -0.3 is 0 Å². The molecule has 0 aliphatic rings. The molecule has 0 unspecified atom stereocenters. The summed E-state index contributed by atoms with van der Waals surface area (Å²) in [5, 5.41) is 2.35. The first-order valence-corrected chi connectivity index (χ1v) is 13.8. The molecule has 0 spiro atoms. The fourth-order valence-corrected chi connectivity index (χ4v) is 4.30. The van der Waals surface area contributed by atoms with Gasteiger partial charge in [-0.15, -0.1) is 0 Å². The van der Waals surface area contributed by atoms with Crippen molar-refractivity contribution in [2.75, 3.05) is 0 Å². The average Bonchev–Trinajstić information content (AvgIpc) is 2.88. The molecule has 3 nitrogen and oxygen atoms in total. The highest BCUT2D eigenvalue weighted by Gasteiger charge is 2.17. The van der Waals surface area contributed by atoms with Crippen LogP contribution in [0.2, 0.25) is 0 Å². The van der Waals surface area contributed by atoms with Crippen molar-refractivity contribution < 1.29 is 15.1 Å². The van der Waals surface area contributed by atoms with Crippen LogP contribution < -0.4 is 5.48 Å². The Morgan fingerprint density at radius 3 is 2.03 bits per heavy atom. The number of fused-ring (bicyclic) bond motifs is 1. The molecule has 0 amide bonds. The number of carbonyl (C=O) groups excluding carboxylic acids is 1. The molecular formula is C32H44NO2+2. The van der Waals surface area contributed by atoms with E-state index in [0.29, 0.717) is 6.54 Å². The van der Waals surface area contributed by atoms with Crippen molar-refractivity contribution in [1.82, 2.24) is 0 Å². The summed E-state index contributed by atoms with van der Waals surface area (Å²) in [6.45, 7) is 2.83. The first-order chi connectivity index (χ1) is 17.3. The standard InChI is InChI=1S/C32H43NO2/c1-2-3-4-5-6-7-8-9-10-11-12-13-14-15-16-17-18-19-27-32(34)35-33-28-30-25-22-24-29-23-20-21-26-31(29)30/h20-26,33H,2-16,28H2,1H3/q+1/p+1. The molecule has 2 rings (SSSR count). The first-order valence-electron chi connectivity index (χ1n) is 13.8. The van der Waals surface area contributed by atoms with Gasteiger partial charge in [-0.25, -0.2) is 0 Å². The van der Waals surface area contributed by atoms with Crippen LogP contribution in [0.25, 0.3) is 10.8 Å². The highest BCUT2D eigenvalue weighted by Crippen LogP contribution is 2.17. The number of rotatable bonds is 17. The summed E-state index contributed by atoms with van der Waals surface area (Å²) in [6, 6.07) is 14.3. The van der Waals surface area contributed by atoms with E-state index >= 15 is 0 Å². The summed E-state index contributed by atoms with van der Waals surface area (Å²) in [4.78, 5) is 16.9. The Kier molecular flexibility index (Phi) is 15.9. The number of quaternary nitrogens is 1. The minimum atomic E-state index is -0.559. The lowest BCUT2D eigenvalue weighted by molar-refractivity contribution is -0.883. The van der Waals surface area contributed by atoms with Crippen molar-refractivity contribution in [2.45, 2.75) is 110 Å². The minimum absolute atomic E-state index is 0.555. The van der Waals surface area contributed by atoms with Crippen LogP contribution in [0, 0.1) is 23.7 Å². The maximum atomic E-state index is 11.8. The molecule has 1 radical (unpaired) electrons. The molecule has 0 fully saturated rings. The monoisotopic (exact) mass is 474 g/mol. The van der Waals surface area contributed by atoms with Gasteiger partial charge in [-0.1, -0.05) is 149 Å². The molecule has 3 heteroatoms.